The quantitative estimate of drug-likeness (QED) is 0.891. The van der Waals surface area contributed by atoms with Gasteiger partial charge in [0.1, 0.15) is 0 Å². The molecule has 0 atom stereocenters. The number of rotatable bonds is 4. The maximum absolute atomic E-state index is 12.0. The van der Waals surface area contributed by atoms with Gasteiger partial charge in [-0.15, -0.1) is 0 Å². The highest BCUT2D eigenvalue weighted by Crippen LogP contribution is 2.06. The van der Waals surface area contributed by atoms with Crippen LogP contribution < -0.4 is 16.6 Å². The maximum Gasteiger partial charge on any atom is 0.330 e. The fourth-order valence-electron chi connectivity index (χ4n) is 2.14. The molecule has 1 aromatic carbocycles. The molecule has 0 radical (unpaired) electrons. The minimum Gasteiger partial charge on any atom is -0.308 e. The Labute approximate surface area is 117 Å². The van der Waals surface area contributed by atoms with E-state index in [-0.39, 0.29) is 11.2 Å². The second kappa shape index (κ2) is 5.88. The molecule has 0 aliphatic rings. The van der Waals surface area contributed by atoms with E-state index in [1.807, 2.05) is 12.1 Å². The van der Waals surface area contributed by atoms with Gasteiger partial charge in [0.2, 0.25) is 0 Å². The zero-order valence-electron chi connectivity index (χ0n) is 12.0. The first kappa shape index (κ1) is 14.3. The molecule has 1 heterocycles. The molecule has 5 heteroatoms. The first-order valence-electron chi connectivity index (χ1n) is 6.51. The molecule has 0 amide bonds. The maximum atomic E-state index is 12.0. The van der Waals surface area contributed by atoms with Crippen molar-refractivity contribution in [2.45, 2.75) is 20.0 Å². The predicted molar refractivity (Wildman–Crippen MR) is 78.6 cm³/mol. The van der Waals surface area contributed by atoms with Gasteiger partial charge in [-0.05, 0) is 18.1 Å². The van der Waals surface area contributed by atoms with Gasteiger partial charge in [-0.3, -0.25) is 9.36 Å². The van der Waals surface area contributed by atoms with Crippen LogP contribution in [0.5, 0.6) is 0 Å². The van der Waals surface area contributed by atoms with Crippen LogP contribution in [0.15, 0.2) is 40.1 Å². The van der Waals surface area contributed by atoms with Crippen LogP contribution in [0.3, 0.4) is 0 Å². The van der Waals surface area contributed by atoms with Gasteiger partial charge in [-0.25, -0.2) is 4.79 Å². The van der Waals surface area contributed by atoms with Gasteiger partial charge in [0.05, 0.1) is 0 Å². The van der Waals surface area contributed by atoms with E-state index in [2.05, 4.69) is 24.4 Å². The molecule has 2 rings (SSSR count). The normalized spacial score (nSPS) is 10.8. The highest BCUT2D eigenvalue weighted by atomic mass is 16.2. The van der Waals surface area contributed by atoms with Crippen molar-refractivity contribution in [1.29, 1.82) is 0 Å². The molecule has 0 aliphatic heterocycles. The Balaban J connectivity index is 2.11. The fourth-order valence-corrected chi connectivity index (χ4v) is 2.14. The van der Waals surface area contributed by atoms with Gasteiger partial charge in [0.15, 0.2) is 0 Å². The summed E-state index contributed by atoms with van der Waals surface area (Å²) < 4.78 is 2.55. The SMILES string of the molecule is Cc1ccccc1CNCc1cn(C)c(=O)n(C)c1=O. The summed E-state index contributed by atoms with van der Waals surface area (Å²) in [7, 11) is 3.14. The Hall–Kier alpha value is -2.14. The zero-order valence-corrected chi connectivity index (χ0v) is 12.0. The monoisotopic (exact) mass is 273 g/mol. The van der Waals surface area contributed by atoms with E-state index in [9.17, 15) is 9.59 Å². The van der Waals surface area contributed by atoms with Crippen LogP contribution in [0.4, 0.5) is 0 Å². The van der Waals surface area contributed by atoms with Crippen molar-refractivity contribution in [1.82, 2.24) is 14.5 Å². The Morgan fingerprint density at radius 3 is 2.40 bits per heavy atom. The van der Waals surface area contributed by atoms with Crippen molar-refractivity contribution < 1.29 is 0 Å². The predicted octanol–water partition coefficient (Wildman–Crippen LogP) is 0.682. The number of nitrogens with zero attached hydrogens (tertiary/aromatic N) is 2. The van der Waals surface area contributed by atoms with Crippen molar-refractivity contribution in [2.24, 2.45) is 14.1 Å². The summed E-state index contributed by atoms with van der Waals surface area (Å²) in [6.07, 6.45) is 1.59. The Kier molecular flexibility index (Phi) is 4.20. The lowest BCUT2D eigenvalue weighted by atomic mass is 10.1. The summed E-state index contributed by atoms with van der Waals surface area (Å²) in [4.78, 5) is 23.5. The van der Waals surface area contributed by atoms with Crippen molar-refractivity contribution in [2.75, 3.05) is 0 Å². The van der Waals surface area contributed by atoms with Gasteiger partial charge in [-0.1, -0.05) is 24.3 Å². The minimum atomic E-state index is -0.308. The van der Waals surface area contributed by atoms with E-state index in [0.29, 0.717) is 18.7 Å². The number of aryl methyl sites for hydroxylation is 2. The second-order valence-electron chi connectivity index (χ2n) is 4.94. The van der Waals surface area contributed by atoms with Crippen molar-refractivity contribution in [3.63, 3.8) is 0 Å². The second-order valence-corrected chi connectivity index (χ2v) is 4.94. The van der Waals surface area contributed by atoms with Crippen LogP contribution in [0, 0.1) is 6.92 Å². The zero-order chi connectivity index (χ0) is 14.7. The van der Waals surface area contributed by atoms with Crippen LogP contribution in [0.25, 0.3) is 0 Å². The van der Waals surface area contributed by atoms with Gasteiger partial charge < -0.3 is 9.88 Å². The molecule has 0 spiro atoms. The van der Waals surface area contributed by atoms with E-state index < -0.39 is 0 Å². The van der Waals surface area contributed by atoms with Gasteiger partial charge in [0, 0.05) is 38.9 Å². The summed E-state index contributed by atoms with van der Waals surface area (Å²) in [5.41, 5.74) is 2.45. The lowest BCUT2D eigenvalue weighted by Gasteiger charge is -2.09. The lowest BCUT2D eigenvalue weighted by Crippen LogP contribution is -2.39. The molecule has 0 fully saturated rings. The third kappa shape index (κ3) is 2.88. The molecule has 1 aromatic heterocycles. The Morgan fingerprint density at radius 2 is 1.70 bits per heavy atom. The van der Waals surface area contributed by atoms with Crippen molar-refractivity contribution in [3.8, 4) is 0 Å². The number of nitrogens with one attached hydrogen (secondary N) is 1. The number of hydrogen-bond donors (Lipinski definition) is 1. The topological polar surface area (TPSA) is 56.0 Å². The average molecular weight is 273 g/mol. The Bertz CT molecular complexity index is 729. The molecule has 0 aliphatic carbocycles. The van der Waals surface area contributed by atoms with Gasteiger partial charge in [-0.2, -0.15) is 0 Å². The minimum absolute atomic E-state index is 0.245. The first-order chi connectivity index (χ1) is 9.50. The molecule has 106 valence electrons. The molecule has 1 N–H and O–H groups in total. The fraction of sp³-hybridized carbons (Fsp3) is 0.333. The average Bonchev–Trinajstić information content (AvgIpc) is 2.44. The van der Waals surface area contributed by atoms with Crippen LogP contribution in [-0.4, -0.2) is 9.13 Å². The van der Waals surface area contributed by atoms with Crippen molar-refractivity contribution in [3.05, 3.63) is 68.0 Å². The third-order valence-corrected chi connectivity index (χ3v) is 3.41. The van der Waals surface area contributed by atoms with Gasteiger partial charge >= 0.3 is 5.69 Å². The van der Waals surface area contributed by atoms with E-state index in [4.69, 9.17) is 0 Å². The van der Waals surface area contributed by atoms with E-state index >= 15 is 0 Å². The molecular weight excluding hydrogens is 254 g/mol. The number of aromatic nitrogens is 2. The standard InChI is InChI=1S/C15H19N3O2/c1-11-6-4-5-7-12(11)8-16-9-13-10-17(2)15(20)18(3)14(13)19/h4-7,10,16H,8-9H2,1-3H3. The molecule has 2 aromatic rings. The molecule has 0 bridgehead atoms. The van der Waals surface area contributed by atoms with Gasteiger partial charge in [0.25, 0.3) is 5.56 Å². The highest BCUT2D eigenvalue weighted by Gasteiger charge is 2.06. The Morgan fingerprint density at radius 1 is 1.05 bits per heavy atom. The largest absolute Gasteiger partial charge is 0.330 e. The summed E-state index contributed by atoms with van der Waals surface area (Å²) in [6, 6.07) is 8.11. The lowest BCUT2D eigenvalue weighted by molar-refractivity contribution is 0.629. The summed E-state index contributed by atoms with van der Waals surface area (Å²) in [5, 5.41) is 3.24. The highest BCUT2D eigenvalue weighted by molar-refractivity contribution is 5.25. The molecule has 0 saturated carbocycles. The van der Waals surface area contributed by atoms with Crippen LogP contribution >= 0.6 is 0 Å². The molecule has 0 unspecified atom stereocenters. The summed E-state index contributed by atoms with van der Waals surface area (Å²) >= 11 is 0. The van der Waals surface area contributed by atoms with E-state index in [1.165, 1.54) is 22.7 Å². The molecule has 5 nitrogen and oxygen atoms in total. The van der Waals surface area contributed by atoms with Crippen molar-refractivity contribution >= 4 is 0 Å². The smallest absolute Gasteiger partial charge is 0.308 e. The van der Waals surface area contributed by atoms with E-state index in [0.717, 1.165) is 4.57 Å². The molecular formula is C15H19N3O2. The number of hydrogen-bond acceptors (Lipinski definition) is 3. The third-order valence-electron chi connectivity index (χ3n) is 3.41. The first-order valence-corrected chi connectivity index (χ1v) is 6.51. The van der Waals surface area contributed by atoms with Crippen LogP contribution in [-0.2, 0) is 27.2 Å². The summed E-state index contributed by atoms with van der Waals surface area (Å²) in [6.45, 7) is 3.19. The van der Waals surface area contributed by atoms with E-state index in [1.54, 1.807) is 13.2 Å². The van der Waals surface area contributed by atoms with Crippen LogP contribution in [0.2, 0.25) is 0 Å². The van der Waals surface area contributed by atoms with Crippen LogP contribution in [0.1, 0.15) is 16.7 Å². The summed E-state index contributed by atoms with van der Waals surface area (Å²) in [5.74, 6) is 0. The molecule has 20 heavy (non-hydrogen) atoms. The molecule has 0 saturated heterocycles. The number of benzene rings is 1.